The van der Waals surface area contributed by atoms with E-state index in [2.05, 4.69) is 6.92 Å². The molecule has 0 aliphatic carbocycles. The van der Waals surface area contributed by atoms with Crippen molar-refractivity contribution in [3.05, 3.63) is 59.7 Å². The van der Waals surface area contributed by atoms with Crippen molar-refractivity contribution in [2.75, 3.05) is 25.6 Å². The van der Waals surface area contributed by atoms with Crippen LogP contribution in [0.5, 0.6) is 5.75 Å². The van der Waals surface area contributed by atoms with Gasteiger partial charge in [-0.05, 0) is 55.0 Å². The van der Waals surface area contributed by atoms with Crippen molar-refractivity contribution in [1.82, 2.24) is 0 Å². The van der Waals surface area contributed by atoms with E-state index < -0.39 is 0 Å². The Bertz CT molecular complexity index is 675. The van der Waals surface area contributed by atoms with E-state index in [4.69, 9.17) is 4.74 Å². The lowest BCUT2D eigenvalue weighted by Crippen LogP contribution is -2.09. The van der Waals surface area contributed by atoms with E-state index >= 15 is 0 Å². The summed E-state index contributed by atoms with van der Waals surface area (Å²) in [6, 6.07) is 15.2. The molecule has 0 bridgehead atoms. The topological polar surface area (TPSA) is 29.5 Å². The average Bonchev–Trinajstić information content (AvgIpc) is 2.70. The molecule has 146 valence electrons. The third-order valence-electron chi connectivity index (χ3n) is 4.78. The Morgan fingerprint density at radius 1 is 0.778 bits per heavy atom. The van der Waals surface area contributed by atoms with Gasteiger partial charge in [0.1, 0.15) is 5.75 Å². The SMILES string of the molecule is CCCCCCCCCOc1ccc(C(=O)c2ccc(N(C)C)cc2)cc1. The van der Waals surface area contributed by atoms with Crippen LogP contribution in [0.1, 0.15) is 67.8 Å². The van der Waals surface area contributed by atoms with E-state index in [9.17, 15) is 4.79 Å². The molecule has 0 aromatic heterocycles. The molecule has 0 amide bonds. The fourth-order valence-corrected chi connectivity index (χ4v) is 3.03. The van der Waals surface area contributed by atoms with Gasteiger partial charge >= 0.3 is 0 Å². The molecule has 0 fully saturated rings. The molecule has 0 unspecified atom stereocenters. The number of nitrogens with zero attached hydrogens (tertiary/aromatic N) is 1. The van der Waals surface area contributed by atoms with Gasteiger partial charge in [-0.2, -0.15) is 0 Å². The number of carbonyl (C=O) groups excluding carboxylic acids is 1. The van der Waals surface area contributed by atoms with Gasteiger partial charge in [0.2, 0.25) is 0 Å². The summed E-state index contributed by atoms with van der Waals surface area (Å²) in [6.07, 6.45) is 8.94. The smallest absolute Gasteiger partial charge is 0.193 e. The van der Waals surface area contributed by atoms with Crippen molar-refractivity contribution in [3.63, 3.8) is 0 Å². The van der Waals surface area contributed by atoms with Crippen LogP contribution < -0.4 is 9.64 Å². The molecule has 2 aromatic carbocycles. The van der Waals surface area contributed by atoms with Crippen LogP contribution in [0.25, 0.3) is 0 Å². The Hall–Kier alpha value is -2.29. The number of carbonyl (C=O) groups is 1. The highest BCUT2D eigenvalue weighted by atomic mass is 16.5. The first kappa shape index (κ1) is 21.0. The Kier molecular flexibility index (Phi) is 8.90. The number of hydrogen-bond acceptors (Lipinski definition) is 3. The highest BCUT2D eigenvalue weighted by molar-refractivity contribution is 6.09. The van der Waals surface area contributed by atoms with E-state index in [1.54, 1.807) is 0 Å². The average molecular weight is 368 g/mol. The van der Waals surface area contributed by atoms with Crippen molar-refractivity contribution in [3.8, 4) is 5.75 Å². The van der Waals surface area contributed by atoms with Crippen LogP contribution in [0, 0.1) is 0 Å². The molecule has 0 spiro atoms. The minimum atomic E-state index is 0.0407. The number of benzene rings is 2. The van der Waals surface area contributed by atoms with Crippen LogP contribution in [-0.4, -0.2) is 26.5 Å². The highest BCUT2D eigenvalue weighted by Crippen LogP contribution is 2.18. The van der Waals surface area contributed by atoms with Crippen LogP contribution in [0.3, 0.4) is 0 Å². The molecule has 0 aliphatic heterocycles. The van der Waals surface area contributed by atoms with Gasteiger partial charge in [0.25, 0.3) is 0 Å². The predicted octanol–water partition coefficient (Wildman–Crippen LogP) is 6.11. The molecule has 3 nitrogen and oxygen atoms in total. The van der Waals surface area contributed by atoms with Crippen LogP contribution in [0.4, 0.5) is 5.69 Å². The molecular formula is C24H33NO2. The highest BCUT2D eigenvalue weighted by Gasteiger charge is 2.09. The van der Waals surface area contributed by atoms with Gasteiger partial charge in [0.05, 0.1) is 6.61 Å². The molecular weight excluding hydrogens is 334 g/mol. The zero-order valence-electron chi connectivity index (χ0n) is 17.0. The predicted molar refractivity (Wildman–Crippen MR) is 114 cm³/mol. The maximum absolute atomic E-state index is 12.6. The lowest BCUT2D eigenvalue weighted by atomic mass is 10.0. The normalized spacial score (nSPS) is 10.6. The molecule has 0 N–H and O–H groups in total. The third kappa shape index (κ3) is 7.09. The second-order valence-electron chi connectivity index (χ2n) is 7.26. The second-order valence-corrected chi connectivity index (χ2v) is 7.26. The van der Waals surface area contributed by atoms with Crippen molar-refractivity contribution < 1.29 is 9.53 Å². The summed E-state index contributed by atoms with van der Waals surface area (Å²) < 4.78 is 5.80. The summed E-state index contributed by atoms with van der Waals surface area (Å²) in [4.78, 5) is 14.6. The minimum absolute atomic E-state index is 0.0407. The maximum atomic E-state index is 12.6. The van der Waals surface area contributed by atoms with Crippen molar-refractivity contribution in [2.45, 2.75) is 51.9 Å². The molecule has 0 saturated carbocycles. The maximum Gasteiger partial charge on any atom is 0.193 e. The number of anilines is 1. The molecule has 0 atom stereocenters. The van der Waals surface area contributed by atoms with Crippen LogP contribution >= 0.6 is 0 Å². The van der Waals surface area contributed by atoms with Gasteiger partial charge in [0.15, 0.2) is 5.78 Å². The summed E-state index contributed by atoms with van der Waals surface area (Å²) in [5.74, 6) is 0.874. The van der Waals surface area contributed by atoms with E-state index in [-0.39, 0.29) is 5.78 Å². The number of hydrogen-bond donors (Lipinski definition) is 0. The van der Waals surface area contributed by atoms with Crippen molar-refractivity contribution >= 4 is 11.5 Å². The summed E-state index contributed by atoms with van der Waals surface area (Å²) in [5, 5.41) is 0. The fourth-order valence-electron chi connectivity index (χ4n) is 3.03. The summed E-state index contributed by atoms with van der Waals surface area (Å²) in [6.45, 7) is 2.99. The van der Waals surface area contributed by atoms with Crippen LogP contribution in [-0.2, 0) is 0 Å². The Morgan fingerprint density at radius 2 is 1.30 bits per heavy atom. The van der Waals surface area contributed by atoms with Crippen molar-refractivity contribution in [1.29, 1.82) is 0 Å². The molecule has 0 heterocycles. The van der Waals surface area contributed by atoms with E-state index in [1.165, 1.54) is 38.5 Å². The zero-order chi connectivity index (χ0) is 19.5. The van der Waals surface area contributed by atoms with E-state index in [0.717, 1.165) is 24.5 Å². The standard InChI is InChI=1S/C24H33NO2/c1-4-5-6-7-8-9-10-19-27-23-17-13-21(14-18-23)24(26)20-11-15-22(16-12-20)25(2)3/h11-18H,4-10,19H2,1-3H3. The minimum Gasteiger partial charge on any atom is -0.494 e. The first-order valence-electron chi connectivity index (χ1n) is 10.2. The number of ether oxygens (including phenoxy) is 1. The molecule has 0 aliphatic rings. The summed E-state index contributed by atoms with van der Waals surface area (Å²) in [7, 11) is 3.98. The van der Waals surface area contributed by atoms with Crippen molar-refractivity contribution in [2.24, 2.45) is 0 Å². The molecule has 0 radical (unpaired) electrons. The van der Waals surface area contributed by atoms with Gasteiger partial charge in [-0.3, -0.25) is 4.79 Å². The lowest BCUT2D eigenvalue weighted by Gasteiger charge is -2.12. The molecule has 27 heavy (non-hydrogen) atoms. The largest absolute Gasteiger partial charge is 0.494 e. The van der Waals surface area contributed by atoms with Crippen LogP contribution in [0.2, 0.25) is 0 Å². The fraction of sp³-hybridized carbons (Fsp3) is 0.458. The quantitative estimate of drug-likeness (QED) is 0.335. The van der Waals surface area contributed by atoms with Gasteiger partial charge < -0.3 is 9.64 Å². The van der Waals surface area contributed by atoms with Gasteiger partial charge in [0, 0.05) is 30.9 Å². The monoisotopic (exact) mass is 367 g/mol. The lowest BCUT2D eigenvalue weighted by molar-refractivity contribution is 0.103. The molecule has 3 heteroatoms. The Morgan fingerprint density at radius 3 is 1.85 bits per heavy atom. The van der Waals surface area contributed by atoms with E-state index in [0.29, 0.717) is 11.1 Å². The second kappa shape index (κ2) is 11.4. The number of unbranched alkanes of at least 4 members (excludes halogenated alkanes) is 6. The summed E-state index contributed by atoms with van der Waals surface area (Å²) >= 11 is 0. The van der Waals surface area contributed by atoms with Crippen LogP contribution in [0.15, 0.2) is 48.5 Å². The Balaban J connectivity index is 1.76. The molecule has 2 rings (SSSR count). The first-order chi connectivity index (χ1) is 13.1. The van der Waals surface area contributed by atoms with Gasteiger partial charge in [-0.25, -0.2) is 0 Å². The zero-order valence-corrected chi connectivity index (χ0v) is 17.0. The van der Waals surface area contributed by atoms with E-state index in [1.807, 2.05) is 67.5 Å². The molecule has 0 saturated heterocycles. The number of rotatable bonds is 12. The Labute approximate surface area is 164 Å². The first-order valence-corrected chi connectivity index (χ1v) is 10.2. The van der Waals surface area contributed by atoms with Gasteiger partial charge in [-0.1, -0.05) is 45.4 Å². The third-order valence-corrected chi connectivity index (χ3v) is 4.78. The summed E-state index contributed by atoms with van der Waals surface area (Å²) in [5.41, 5.74) is 2.48. The number of ketones is 1. The molecule has 2 aromatic rings. The van der Waals surface area contributed by atoms with Gasteiger partial charge in [-0.15, -0.1) is 0 Å².